The number of nitrogens with zero attached hydrogens (tertiary/aromatic N) is 4. The van der Waals surface area contributed by atoms with Gasteiger partial charge < -0.3 is 9.47 Å². The fourth-order valence-corrected chi connectivity index (χ4v) is 7.63. The molecule has 0 aliphatic carbocycles. The average molecular weight is 719 g/mol. The number of hydrogen-bond acceptors (Lipinski definition) is 10. The van der Waals surface area contributed by atoms with Crippen LogP contribution in [-0.2, 0) is 19.7 Å². The monoisotopic (exact) mass is 718 g/mol. The number of hydrogen-bond donors (Lipinski definition) is 2. The van der Waals surface area contributed by atoms with Crippen LogP contribution >= 0.6 is 0 Å². The summed E-state index contributed by atoms with van der Waals surface area (Å²) < 4.78 is 82.3. The SMILES string of the molecule is COc1n[nH]c2ccc(C#N)c(-c3ccc(S(C)(=O)=O)c(C)c3)c12.Cc1cc(-c2c(C#N)ccc3[nH]nc(OC(F)F)c23)ccc1S(C)(=O)=O. The molecule has 2 heterocycles. The fourth-order valence-electron chi connectivity index (χ4n) is 5.72. The lowest BCUT2D eigenvalue weighted by atomic mass is 9.95. The molecule has 0 unspecified atom stereocenters. The zero-order chi connectivity index (χ0) is 36.5. The van der Waals surface area contributed by atoms with Gasteiger partial charge in [0.2, 0.25) is 11.8 Å². The van der Waals surface area contributed by atoms with Crippen molar-refractivity contribution in [1.29, 1.82) is 10.5 Å². The molecule has 0 aliphatic heterocycles. The van der Waals surface area contributed by atoms with Gasteiger partial charge in [0.15, 0.2) is 19.7 Å². The summed E-state index contributed by atoms with van der Waals surface area (Å²) in [7, 11) is -5.20. The van der Waals surface area contributed by atoms with Crippen LogP contribution in [0.15, 0.2) is 70.5 Å². The van der Waals surface area contributed by atoms with Crippen LogP contribution in [0.1, 0.15) is 22.3 Å². The molecule has 0 bridgehead atoms. The molecular formula is C34H28F2N6O6S2. The Bertz CT molecular complexity index is 2600. The maximum absolute atomic E-state index is 12.7. The molecule has 0 amide bonds. The molecule has 0 aliphatic rings. The summed E-state index contributed by atoms with van der Waals surface area (Å²) >= 11 is 0. The summed E-state index contributed by atoms with van der Waals surface area (Å²) in [5, 5.41) is 33.2. The van der Waals surface area contributed by atoms with E-state index in [-0.39, 0.29) is 26.6 Å². The highest BCUT2D eigenvalue weighted by Crippen LogP contribution is 2.39. The van der Waals surface area contributed by atoms with Crippen LogP contribution in [0.3, 0.4) is 0 Å². The Morgan fingerprint density at radius 1 is 0.700 bits per heavy atom. The first kappa shape index (κ1) is 35.5. The van der Waals surface area contributed by atoms with Crippen LogP contribution < -0.4 is 9.47 Å². The molecule has 0 saturated carbocycles. The molecule has 0 atom stereocenters. The van der Waals surface area contributed by atoms with E-state index in [2.05, 4.69) is 31.2 Å². The number of methoxy groups -OCH3 is 1. The highest BCUT2D eigenvalue weighted by Gasteiger charge is 2.22. The van der Waals surface area contributed by atoms with Crippen molar-refractivity contribution in [3.63, 3.8) is 0 Å². The van der Waals surface area contributed by atoms with E-state index in [0.717, 1.165) is 17.3 Å². The molecule has 6 aromatic rings. The molecule has 12 nitrogen and oxygen atoms in total. The lowest BCUT2D eigenvalue weighted by Crippen LogP contribution is -2.03. The molecule has 4 aromatic carbocycles. The molecule has 50 heavy (non-hydrogen) atoms. The maximum Gasteiger partial charge on any atom is 0.388 e. The topological polar surface area (TPSA) is 192 Å². The van der Waals surface area contributed by atoms with Crippen LogP contribution in [0.25, 0.3) is 44.1 Å². The molecule has 0 saturated heterocycles. The van der Waals surface area contributed by atoms with Gasteiger partial charge in [0.25, 0.3) is 0 Å². The molecule has 6 rings (SSSR count). The average Bonchev–Trinajstić information content (AvgIpc) is 3.66. The largest absolute Gasteiger partial charge is 0.479 e. The summed E-state index contributed by atoms with van der Waals surface area (Å²) in [4.78, 5) is 0.430. The number of benzene rings is 4. The van der Waals surface area contributed by atoms with E-state index in [4.69, 9.17) is 4.74 Å². The molecule has 256 valence electrons. The van der Waals surface area contributed by atoms with E-state index in [1.807, 2.05) is 6.07 Å². The van der Waals surface area contributed by atoms with E-state index in [0.29, 0.717) is 50.2 Å². The van der Waals surface area contributed by atoms with Gasteiger partial charge in [0, 0.05) is 23.6 Å². The smallest absolute Gasteiger partial charge is 0.388 e. The highest BCUT2D eigenvalue weighted by atomic mass is 32.2. The number of ether oxygens (including phenoxy) is 2. The van der Waals surface area contributed by atoms with E-state index >= 15 is 0 Å². The minimum atomic E-state index is -3.41. The predicted octanol–water partition coefficient (Wildman–Crippen LogP) is 6.24. The third-order valence-electron chi connectivity index (χ3n) is 7.76. The number of fused-ring (bicyclic) bond motifs is 2. The summed E-state index contributed by atoms with van der Waals surface area (Å²) in [5.41, 5.74) is 5.20. The van der Waals surface area contributed by atoms with Gasteiger partial charge >= 0.3 is 6.61 Å². The number of aromatic nitrogens is 4. The predicted molar refractivity (Wildman–Crippen MR) is 181 cm³/mol. The van der Waals surface area contributed by atoms with Crippen molar-refractivity contribution in [3.05, 3.63) is 82.9 Å². The molecular weight excluding hydrogens is 691 g/mol. The summed E-state index contributed by atoms with van der Waals surface area (Å²) in [6.07, 6.45) is 2.27. The Morgan fingerprint density at radius 3 is 1.48 bits per heavy atom. The number of nitriles is 2. The number of H-pyrrole nitrogens is 2. The summed E-state index contributed by atoms with van der Waals surface area (Å²) in [6.45, 7) is 0.283. The van der Waals surface area contributed by atoms with Crippen molar-refractivity contribution in [2.45, 2.75) is 30.2 Å². The number of rotatable bonds is 7. The Morgan fingerprint density at radius 2 is 1.12 bits per heavy atom. The van der Waals surface area contributed by atoms with Crippen LogP contribution in [0.5, 0.6) is 11.8 Å². The lowest BCUT2D eigenvalue weighted by Gasteiger charge is -2.11. The van der Waals surface area contributed by atoms with Crippen LogP contribution in [0, 0.1) is 36.5 Å². The maximum atomic E-state index is 12.7. The Kier molecular flexibility index (Phi) is 9.63. The van der Waals surface area contributed by atoms with Gasteiger partial charge in [-0.1, -0.05) is 24.3 Å². The van der Waals surface area contributed by atoms with Crippen molar-refractivity contribution >= 4 is 41.5 Å². The first-order chi connectivity index (χ1) is 23.6. The van der Waals surface area contributed by atoms with E-state index in [9.17, 15) is 36.1 Å². The van der Waals surface area contributed by atoms with Crippen LogP contribution in [0.4, 0.5) is 8.78 Å². The molecule has 2 N–H and O–H groups in total. The number of aromatic amines is 2. The van der Waals surface area contributed by atoms with Gasteiger partial charge in [-0.05, 0) is 72.5 Å². The molecule has 16 heteroatoms. The Labute approximate surface area is 285 Å². The van der Waals surface area contributed by atoms with Crippen LogP contribution in [0.2, 0.25) is 0 Å². The second-order valence-corrected chi connectivity index (χ2v) is 15.2. The van der Waals surface area contributed by atoms with Crippen molar-refractivity contribution in [3.8, 4) is 46.2 Å². The minimum Gasteiger partial charge on any atom is -0.479 e. The number of alkyl halides is 2. The molecule has 0 spiro atoms. The van der Waals surface area contributed by atoms with E-state index in [1.54, 1.807) is 56.3 Å². The number of halogens is 2. The van der Waals surface area contributed by atoms with Crippen molar-refractivity contribution < 1.29 is 35.1 Å². The van der Waals surface area contributed by atoms with Crippen molar-refractivity contribution in [2.24, 2.45) is 0 Å². The van der Waals surface area contributed by atoms with Gasteiger partial charge in [-0.25, -0.2) is 16.8 Å². The summed E-state index contributed by atoms with van der Waals surface area (Å²) in [5.74, 6) is 0.0638. The van der Waals surface area contributed by atoms with Crippen molar-refractivity contribution in [1.82, 2.24) is 20.4 Å². The van der Waals surface area contributed by atoms with Gasteiger partial charge in [0.1, 0.15) is 0 Å². The molecule has 0 radical (unpaired) electrons. The standard InChI is InChI=1S/C17H13F2N3O3S.C17H15N3O3S/c1-9-7-10(4-6-13(9)26(2,23)24)14-11(8-20)3-5-12-15(14)16(22-21-12)25-17(18)19;1-10-8-11(5-7-14(10)24(3,21)22)15-12(9-18)4-6-13-16(15)17(23-2)20-19-13/h3-7,17H,1-2H3,(H,21,22);4-8H,1-3H3,(H,19,20). The van der Waals surface area contributed by atoms with E-state index < -0.39 is 26.3 Å². The zero-order valence-electron chi connectivity index (χ0n) is 27.2. The molecule has 2 aromatic heterocycles. The number of sulfone groups is 2. The lowest BCUT2D eigenvalue weighted by molar-refractivity contribution is -0.0518. The Balaban J connectivity index is 0.000000195. The zero-order valence-corrected chi connectivity index (χ0v) is 28.8. The quantitative estimate of drug-likeness (QED) is 0.191. The van der Waals surface area contributed by atoms with Gasteiger partial charge in [-0.2, -0.15) is 19.3 Å². The molecule has 0 fully saturated rings. The fraction of sp³-hybridized carbons (Fsp3) is 0.176. The third kappa shape index (κ3) is 6.84. The first-order valence-corrected chi connectivity index (χ1v) is 18.3. The van der Waals surface area contributed by atoms with E-state index in [1.165, 1.54) is 31.6 Å². The van der Waals surface area contributed by atoms with Gasteiger partial charge in [-0.3, -0.25) is 10.2 Å². The third-order valence-corrected chi connectivity index (χ3v) is 10.3. The second-order valence-electron chi connectivity index (χ2n) is 11.2. The van der Waals surface area contributed by atoms with Gasteiger partial charge in [-0.15, -0.1) is 10.2 Å². The number of aryl methyl sites for hydroxylation is 2. The second kappa shape index (κ2) is 13.6. The van der Waals surface area contributed by atoms with Crippen LogP contribution in [-0.4, -0.2) is 63.5 Å². The Hall–Kier alpha value is -5.84. The first-order valence-electron chi connectivity index (χ1n) is 14.5. The minimum absolute atomic E-state index is 0.156. The highest BCUT2D eigenvalue weighted by molar-refractivity contribution is 7.91. The summed E-state index contributed by atoms with van der Waals surface area (Å²) in [6, 6.07) is 20.3. The number of nitrogens with one attached hydrogen (secondary N) is 2. The van der Waals surface area contributed by atoms with Gasteiger partial charge in [0.05, 0.1) is 62.0 Å². The van der Waals surface area contributed by atoms with Crippen molar-refractivity contribution in [2.75, 3.05) is 19.6 Å². The normalized spacial score (nSPS) is 11.6.